The molecule has 15 heavy (non-hydrogen) atoms. The molecule has 0 unspecified atom stereocenters. The van der Waals surface area contributed by atoms with Crippen molar-refractivity contribution in [3.63, 3.8) is 0 Å². The summed E-state index contributed by atoms with van der Waals surface area (Å²) in [6, 6.07) is 7.40. The standard InChI is InChI=1S/C11H10N2O2/c12-6-7-2-1-3-9-8(7)4-5-10(9)13-11(14)15/h1-3,10,13H,4-5H2,(H,14,15)/t10-/m1/s1. The molecule has 1 atom stereocenters. The van der Waals surface area contributed by atoms with Crippen LogP contribution in [0.4, 0.5) is 4.79 Å². The highest BCUT2D eigenvalue weighted by molar-refractivity contribution is 5.66. The van der Waals surface area contributed by atoms with Crippen LogP contribution in [0.1, 0.15) is 29.2 Å². The number of nitrogens with zero attached hydrogens (tertiary/aromatic N) is 1. The Bertz CT molecular complexity index is 448. The number of carbonyl (C=O) groups is 1. The fraction of sp³-hybridized carbons (Fsp3) is 0.273. The third-order valence-electron chi connectivity index (χ3n) is 2.69. The van der Waals surface area contributed by atoms with E-state index in [4.69, 9.17) is 10.4 Å². The Kier molecular flexibility index (Phi) is 2.30. The second-order valence-corrected chi connectivity index (χ2v) is 3.53. The number of amides is 1. The number of hydrogen-bond acceptors (Lipinski definition) is 2. The van der Waals surface area contributed by atoms with Crippen molar-refractivity contribution in [1.29, 1.82) is 5.26 Å². The van der Waals surface area contributed by atoms with Gasteiger partial charge in [0.15, 0.2) is 0 Å². The van der Waals surface area contributed by atoms with E-state index in [9.17, 15) is 4.79 Å². The molecule has 1 amide bonds. The maximum atomic E-state index is 10.5. The van der Waals surface area contributed by atoms with E-state index < -0.39 is 6.09 Å². The number of hydrogen-bond donors (Lipinski definition) is 2. The molecule has 0 bridgehead atoms. The molecule has 76 valence electrons. The molecule has 2 N–H and O–H groups in total. The van der Waals surface area contributed by atoms with Crippen molar-refractivity contribution in [3.8, 4) is 6.07 Å². The van der Waals surface area contributed by atoms with Crippen LogP contribution < -0.4 is 5.32 Å². The summed E-state index contributed by atoms with van der Waals surface area (Å²) in [5.74, 6) is 0. The molecule has 4 nitrogen and oxygen atoms in total. The second kappa shape index (κ2) is 3.62. The van der Waals surface area contributed by atoms with Crippen LogP contribution in [0.3, 0.4) is 0 Å². The first kappa shape index (κ1) is 9.53. The number of nitrogens with one attached hydrogen (secondary N) is 1. The van der Waals surface area contributed by atoms with Crippen molar-refractivity contribution in [3.05, 3.63) is 34.9 Å². The van der Waals surface area contributed by atoms with Crippen LogP contribution in [0.5, 0.6) is 0 Å². The van der Waals surface area contributed by atoms with Crippen LogP contribution in [0, 0.1) is 11.3 Å². The Morgan fingerprint density at radius 2 is 2.40 bits per heavy atom. The predicted octanol–water partition coefficient (Wildman–Crippen LogP) is 1.81. The zero-order chi connectivity index (χ0) is 10.8. The highest BCUT2D eigenvalue weighted by Crippen LogP contribution is 2.32. The van der Waals surface area contributed by atoms with Gasteiger partial charge in [0.1, 0.15) is 0 Å². The summed E-state index contributed by atoms with van der Waals surface area (Å²) >= 11 is 0. The van der Waals surface area contributed by atoms with Gasteiger partial charge < -0.3 is 10.4 Å². The van der Waals surface area contributed by atoms with E-state index in [-0.39, 0.29) is 6.04 Å². The summed E-state index contributed by atoms with van der Waals surface area (Å²) in [7, 11) is 0. The lowest BCUT2D eigenvalue weighted by molar-refractivity contribution is 0.190. The minimum absolute atomic E-state index is 0.161. The largest absolute Gasteiger partial charge is 0.465 e. The number of fused-ring (bicyclic) bond motifs is 1. The van der Waals surface area contributed by atoms with Gasteiger partial charge in [0.2, 0.25) is 0 Å². The van der Waals surface area contributed by atoms with Crippen LogP contribution >= 0.6 is 0 Å². The fourth-order valence-electron chi connectivity index (χ4n) is 2.06. The lowest BCUT2D eigenvalue weighted by Gasteiger charge is -2.10. The predicted molar refractivity (Wildman–Crippen MR) is 53.4 cm³/mol. The van der Waals surface area contributed by atoms with Crippen molar-refractivity contribution in [2.24, 2.45) is 0 Å². The normalized spacial score (nSPS) is 17.9. The molecule has 0 spiro atoms. The lowest BCUT2D eigenvalue weighted by atomic mass is 10.0. The van der Waals surface area contributed by atoms with E-state index in [0.29, 0.717) is 5.56 Å². The van der Waals surface area contributed by atoms with E-state index in [1.165, 1.54) is 0 Å². The van der Waals surface area contributed by atoms with Gasteiger partial charge >= 0.3 is 6.09 Å². The van der Waals surface area contributed by atoms with Gasteiger partial charge in [0.05, 0.1) is 17.7 Å². The Hall–Kier alpha value is -2.02. The second-order valence-electron chi connectivity index (χ2n) is 3.53. The van der Waals surface area contributed by atoms with Crippen molar-refractivity contribution in [2.75, 3.05) is 0 Å². The average Bonchev–Trinajstić information content (AvgIpc) is 2.61. The lowest BCUT2D eigenvalue weighted by Crippen LogP contribution is -2.24. The molecule has 0 radical (unpaired) electrons. The molecule has 2 rings (SSSR count). The van der Waals surface area contributed by atoms with Gasteiger partial charge in [-0.25, -0.2) is 4.79 Å². The van der Waals surface area contributed by atoms with E-state index in [1.807, 2.05) is 6.07 Å². The van der Waals surface area contributed by atoms with Crippen LogP contribution in [0.15, 0.2) is 18.2 Å². The Labute approximate surface area is 87.1 Å². The highest BCUT2D eigenvalue weighted by Gasteiger charge is 2.25. The van der Waals surface area contributed by atoms with Gasteiger partial charge in [0.25, 0.3) is 0 Å². The van der Waals surface area contributed by atoms with Gasteiger partial charge in [-0.15, -0.1) is 0 Å². The molecule has 0 saturated carbocycles. The minimum atomic E-state index is -1.02. The summed E-state index contributed by atoms with van der Waals surface area (Å²) in [4.78, 5) is 10.5. The summed E-state index contributed by atoms with van der Waals surface area (Å²) < 4.78 is 0. The van der Waals surface area contributed by atoms with Gasteiger partial charge in [-0.05, 0) is 30.0 Å². The van der Waals surface area contributed by atoms with Crippen molar-refractivity contribution >= 4 is 6.09 Å². The maximum absolute atomic E-state index is 10.5. The average molecular weight is 202 g/mol. The third-order valence-corrected chi connectivity index (χ3v) is 2.69. The van der Waals surface area contributed by atoms with Crippen molar-refractivity contribution in [2.45, 2.75) is 18.9 Å². The Balaban J connectivity index is 2.36. The summed E-state index contributed by atoms with van der Waals surface area (Å²) in [6.45, 7) is 0. The third kappa shape index (κ3) is 1.64. The van der Waals surface area contributed by atoms with E-state index in [2.05, 4.69) is 11.4 Å². The molecular formula is C11H10N2O2. The molecular weight excluding hydrogens is 192 g/mol. The molecule has 0 aromatic heterocycles. The summed E-state index contributed by atoms with van der Waals surface area (Å²) in [5, 5.41) is 20.0. The van der Waals surface area contributed by atoms with Crippen LogP contribution in [-0.2, 0) is 6.42 Å². The quantitative estimate of drug-likeness (QED) is 0.729. The van der Waals surface area contributed by atoms with E-state index >= 15 is 0 Å². The number of rotatable bonds is 1. The van der Waals surface area contributed by atoms with Crippen molar-refractivity contribution in [1.82, 2.24) is 5.32 Å². The Morgan fingerprint density at radius 3 is 3.07 bits per heavy atom. The summed E-state index contributed by atoms with van der Waals surface area (Å²) in [6.07, 6.45) is 0.486. The minimum Gasteiger partial charge on any atom is -0.465 e. The Morgan fingerprint density at radius 1 is 1.60 bits per heavy atom. The number of nitriles is 1. The number of benzene rings is 1. The zero-order valence-electron chi connectivity index (χ0n) is 8.03. The smallest absolute Gasteiger partial charge is 0.405 e. The van der Waals surface area contributed by atoms with Gasteiger partial charge in [-0.3, -0.25) is 0 Å². The molecule has 0 aliphatic heterocycles. The topological polar surface area (TPSA) is 73.1 Å². The zero-order valence-corrected chi connectivity index (χ0v) is 8.03. The highest BCUT2D eigenvalue weighted by atomic mass is 16.4. The SMILES string of the molecule is N#Cc1cccc2c1CC[C@H]2NC(=O)O. The van der Waals surface area contributed by atoms with E-state index in [0.717, 1.165) is 24.0 Å². The van der Waals surface area contributed by atoms with E-state index in [1.54, 1.807) is 12.1 Å². The van der Waals surface area contributed by atoms with Gasteiger partial charge in [-0.1, -0.05) is 12.1 Å². The first-order chi connectivity index (χ1) is 7.22. The van der Waals surface area contributed by atoms with Gasteiger partial charge in [-0.2, -0.15) is 5.26 Å². The summed E-state index contributed by atoms with van der Waals surface area (Å²) in [5.41, 5.74) is 2.58. The molecule has 1 aromatic rings. The molecule has 1 aliphatic rings. The van der Waals surface area contributed by atoms with Crippen LogP contribution in [-0.4, -0.2) is 11.2 Å². The molecule has 0 heterocycles. The maximum Gasteiger partial charge on any atom is 0.405 e. The fourth-order valence-corrected chi connectivity index (χ4v) is 2.06. The molecule has 1 aromatic carbocycles. The first-order valence-electron chi connectivity index (χ1n) is 4.73. The molecule has 1 aliphatic carbocycles. The van der Waals surface area contributed by atoms with Crippen LogP contribution in [0.25, 0.3) is 0 Å². The molecule has 0 fully saturated rings. The van der Waals surface area contributed by atoms with Crippen LogP contribution in [0.2, 0.25) is 0 Å². The molecule has 0 saturated heterocycles. The van der Waals surface area contributed by atoms with Crippen molar-refractivity contribution < 1.29 is 9.90 Å². The molecule has 4 heteroatoms. The first-order valence-corrected chi connectivity index (χ1v) is 4.73. The van der Waals surface area contributed by atoms with Gasteiger partial charge in [0, 0.05) is 0 Å². The monoisotopic (exact) mass is 202 g/mol. The number of carboxylic acid groups (broad SMARTS) is 1.